The molecule has 1 aromatic heterocycles. The maximum atomic E-state index is 9.32. The van der Waals surface area contributed by atoms with Crippen molar-refractivity contribution in [3.05, 3.63) is 17.5 Å². The predicted octanol–water partition coefficient (Wildman–Crippen LogP) is 0.400. The molecular formula is C7H10N2O. The van der Waals surface area contributed by atoms with Gasteiger partial charge in [0.05, 0.1) is 11.8 Å². The first-order chi connectivity index (χ1) is 4.77. The Kier molecular flexibility index (Phi) is 1.08. The summed E-state index contributed by atoms with van der Waals surface area (Å²) in [6.45, 7) is 0. The Balaban J connectivity index is 2.49. The second-order valence-corrected chi connectivity index (χ2v) is 2.77. The molecule has 54 valence electrons. The minimum absolute atomic E-state index is 0.309. The summed E-state index contributed by atoms with van der Waals surface area (Å²) in [6, 6.07) is 0. The third-order valence-corrected chi connectivity index (χ3v) is 1.94. The number of hydrogen-bond acceptors (Lipinski definition) is 2. The molecule has 1 aromatic rings. The van der Waals surface area contributed by atoms with E-state index in [1.807, 2.05) is 13.2 Å². The van der Waals surface area contributed by atoms with Gasteiger partial charge in [-0.15, -0.1) is 0 Å². The van der Waals surface area contributed by atoms with Gasteiger partial charge in [0, 0.05) is 13.2 Å². The smallest absolute Gasteiger partial charge is 0.0984 e. The summed E-state index contributed by atoms with van der Waals surface area (Å²) < 4.78 is 1.76. The van der Waals surface area contributed by atoms with Crippen LogP contribution >= 0.6 is 0 Å². The van der Waals surface area contributed by atoms with E-state index >= 15 is 0 Å². The number of fused-ring (bicyclic) bond motifs is 1. The van der Waals surface area contributed by atoms with Gasteiger partial charge < -0.3 is 5.11 Å². The van der Waals surface area contributed by atoms with Crippen LogP contribution in [0.25, 0.3) is 0 Å². The van der Waals surface area contributed by atoms with Gasteiger partial charge in [-0.2, -0.15) is 5.10 Å². The number of aryl methyl sites for hydroxylation is 2. The Labute approximate surface area is 59.3 Å². The Bertz CT molecular complexity index is 254. The minimum Gasteiger partial charge on any atom is -0.387 e. The number of rotatable bonds is 0. The largest absolute Gasteiger partial charge is 0.387 e. The van der Waals surface area contributed by atoms with Crippen LogP contribution in [0.3, 0.4) is 0 Å². The van der Waals surface area contributed by atoms with Crippen molar-refractivity contribution < 1.29 is 5.11 Å². The zero-order chi connectivity index (χ0) is 7.14. The fourth-order valence-electron chi connectivity index (χ4n) is 1.46. The molecule has 1 unspecified atom stereocenters. The van der Waals surface area contributed by atoms with Crippen LogP contribution in [0.1, 0.15) is 23.8 Å². The lowest BCUT2D eigenvalue weighted by molar-refractivity contribution is 0.174. The Morgan fingerprint density at radius 3 is 3.30 bits per heavy atom. The predicted molar refractivity (Wildman–Crippen MR) is 36.5 cm³/mol. The number of aliphatic hydroxyl groups excluding tert-OH is 1. The lowest BCUT2D eigenvalue weighted by atomic mass is 10.3. The van der Waals surface area contributed by atoms with Crippen LogP contribution in [-0.2, 0) is 13.5 Å². The van der Waals surface area contributed by atoms with Gasteiger partial charge in [-0.1, -0.05) is 0 Å². The Morgan fingerprint density at radius 2 is 2.60 bits per heavy atom. The van der Waals surface area contributed by atoms with Crippen molar-refractivity contribution in [2.24, 2.45) is 7.05 Å². The number of nitrogens with zero attached hydrogens (tertiary/aromatic N) is 2. The molecule has 0 spiro atoms. The molecule has 0 aromatic carbocycles. The van der Waals surface area contributed by atoms with E-state index in [4.69, 9.17) is 0 Å². The van der Waals surface area contributed by atoms with Crippen molar-refractivity contribution in [3.8, 4) is 0 Å². The van der Waals surface area contributed by atoms with Crippen molar-refractivity contribution in [1.82, 2.24) is 9.78 Å². The molecule has 1 N–H and O–H groups in total. The van der Waals surface area contributed by atoms with Gasteiger partial charge in [0.2, 0.25) is 0 Å². The number of aliphatic hydroxyl groups is 1. The van der Waals surface area contributed by atoms with E-state index in [-0.39, 0.29) is 6.10 Å². The van der Waals surface area contributed by atoms with E-state index < -0.39 is 0 Å². The summed E-state index contributed by atoms with van der Waals surface area (Å²) in [7, 11) is 1.88. The average Bonchev–Trinajstić information content (AvgIpc) is 2.35. The molecule has 0 radical (unpaired) electrons. The highest BCUT2D eigenvalue weighted by Gasteiger charge is 2.22. The molecule has 0 aliphatic heterocycles. The molecule has 1 aliphatic rings. The third kappa shape index (κ3) is 0.671. The first-order valence-corrected chi connectivity index (χ1v) is 3.48. The number of aromatic nitrogens is 2. The van der Waals surface area contributed by atoms with E-state index in [2.05, 4.69) is 5.10 Å². The van der Waals surface area contributed by atoms with E-state index in [0.717, 1.165) is 18.5 Å². The molecule has 3 nitrogen and oxygen atoms in total. The molecule has 1 aliphatic carbocycles. The molecule has 1 atom stereocenters. The summed E-state index contributed by atoms with van der Waals surface area (Å²) in [5, 5.41) is 13.5. The zero-order valence-corrected chi connectivity index (χ0v) is 5.91. The van der Waals surface area contributed by atoms with Crippen LogP contribution in [0.5, 0.6) is 0 Å². The topological polar surface area (TPSA) is 38.0 Å². The molecule has 0 amide bonds. The van der Waals surface area contributed by atoms with Gasteiger partial charge in [0.15, 0.2) is 0 Å². The van der Waals surface area contributed by atoms with E-state index in [0.29, 0.717) is 0 Å². The van der Waals surface area contributed by atoms with E-state index in [9.17, 15) is 5.11 Å². The van der Waals surface area contributed by atoms with E-state index in [1.54, 1.807) is 4.68 Å². The zero-order valence-electron chi connectivity index (χ0n) is 5.91. The van der Waals surface area contributed by atoms with E-state index in [1.165, 1.54) is 5.56 Å². The molecule has 0 saturated carbocycles. The maximum absolute atomic E-state index is 9.32. The Morgan fingerprint density at radius 1 is 1.80 bits per heavy atom. The molecule has 0 fully saturated rings. The second-order valence-electron chi connectivity index (χ2n) is 2.77. The summed E-state index contributed by atoms with van der Waals surface area (Å²) in [6.07, 6.45) is 3.49. The quantitative estimate of drug-likeness (QED) is 0.563. The van der Waals surface area contributed by atoms with Gasteiger partial charge in [-0.05, 0) is 18.4 Å². The average molecular weight is 138 g/mol. The van der Waals surface area contributed by atoms with Gasteiger partial charge in [-0.3, -0.25) is 4.68 Å². The first-order valence-electron chi connectivity index (χ1n) is 3.48. The first kappa shape index (κ1) is 5.92. The maximum Gasteiger partial charge on any atom is 0.0984 e. The minimum atomic E-state index is -0.309. The summed E-state index contributed by atoms with van der Waals surface area (Å²) in [5.41, 5.74) is 2.08. The fraction of sp³-hybridized carbons (Fsp3) is 0.571. The highest BCUT2D eigenvalue weighted by Crippen LogP contribution is 2.28. The molecular weight excluding hydrogens is 128 g/mol. The second kappa shape index (κ2) is 1.83. The lowest BCUT2D eigenvalue weighted by Crippen LogP contribution is -1.95. The third-order valence-electron chi connectivity index (χ3n) is 1.94. The van der Waals surface area contributed by atoms with Crippen LogP contribution in [0.15, 0.2) is 6.20 Å². The van der Waals surface area contributed by atoms with Gasteiger partial charge in [0.1, 0.15) is 0 Å². The van der Waals surface area contributed by atoms with Gasteiger partial charge >= 0.3 is 0 Å². The Hall–Kier alpha value is -0.830. The number of hydrogen-bond donors (Lipinski definition) is 1. The summed E-state index contributed by atoms with van der Waals surface area (Å²) in [5.74, 6) is 0. The molecule has 3 heteroatoms. The van der Waals surface area contributed by atoms with Gasteiger partial charge in [-0.25, -0.2) is 0 Å². The lowest BCUT2D eigenvalue weighted by Gasteiger charge is -1.96. The van der Waals surface area contributed by atoms with Crippen LogP contribution < -0.4 is 0 Å². The van der Waals surface area contributed by atoms with Crippen molar-refractivity contribution in [1.29, 1.82) is 0 Å². The SMILES string of the molecule is Cn1cc2c(n1)C(O)CC2. The summed E-state index contributed by atoms with van der Waals surface area (Å²) in [4.78, 5) is 0. The van der Waals surface area contributed by atoms with Crippen LogP contribution in [0.4, 0.5) is 0 Å². The highest BCUT2D eigenvalue weighted by molar-refractivity contribution is 5.24. The normalized spacial score (nSPS) is 23.2. The fourth-order valence-corrected chi connectivity index (χ4v) is 1.46. The van der Waals surface area contributed by atoms with Gasteiger partial charge in [0.25, 0.3) is 0 Å². The van der Waals surface area contributed by atoms with Crippen molar-refractivity contribution in [3.63, 3.8) is 0 Å². The van der Waals surface area contributed by atoms with Crippen molar-refractivity contribution >= 4 is 0 Å². The molecule has 2 rings (SSSR count). The van der Waals surface area contributed by atoms with Crippen molar-refractivity contribution in [2.75, 3.05) is 0 Å². The standard InChI is InChI=1S/C7H10N2O/c1-9-4-5-2-3-6(10)7(5)8-9/h4,6,10H,2-3H2,1H3. The van der Waals surface area contributed by atoms with Crippen LogP contribution in [-0.4, -0.2) is 14.9 Å². The molecule has 0 bridgehead atoms. The molecule has 10 heavy (non-hydrogen) atoms. The summed E-state index contributed by atoms with van der Waals surface area (Å²) >= 11 is 0. The highest BCUT2D eigenvalue weighted by atomic mass is 16.3. The molecule has 1 heterocycles. The molecule has 0 saturated heterocycles. The van der Waals surface area contributed by atoms with Crippen LogP contribution in [0, 0.1) is 0 Å². The van der Waals surface area contributed by atoms with Crippen molar-refractivity contribution in [2.45, 2.75) is 18.9 Å². The van der Waals surface area contributed by atoms with Crippen LogP contribution in [0.2, 0.25) is 0 Å². The monoisotopic (exact) mass is 138 g/mol.